The Hall–Kier alpha value is -4.31. The number of carboxylic acids is 1. The second-order valence-electron chi connectivity index (χ2n) is 22.7. The first kappa shape index (κ1) is 76.7. The largest absolute Gasteiger partial charge is 0.477 e. The molecule has 0 heterocycles. The van der Waals surface area contributed by atoms with Crippen LogP contribution >= 0.6 is 0 Å². The van der Waals surface area contributed by atoms with Crippen LogP contribution in [0.25, 0.3) is 0 Å². The number of carbonyl (C=O) groups is 3. The van der Waals surface area contributed by atoms with Gasteiger partial charge in [-0.1, -0.05) is 264 Å². The maximum atomic E-state index is 12.9. The van der Waals surface area contributed by atoms with Crippen molar-refractivity contribution in [3.8, 4) is 0 Å². The minimum absolute atomic E-state index is 0.181. The average molecular weight is 1130 g/mol. The topological polar surface area (TPSA) is 108 Å². The lowest BCUT2D eigenvalue weighted by Gasteiger charge is -2.25. The Kier molecular flexibility index (Phi) is 58.5. The number of rotatable bonds is 59. The van der Waals surface area contributed by atoms with Crippen molar-refractivity contribution >= 4 is 17.9 Å². The smallest absolute Gasteiger partial charge is 0.361 e. The highest BCUT2D eigenvalue weighted by Gasteiger charge is 2.25. The van der Waals surface area contributed by atoms with E-state index in [0.717, 1.165) is 116 Å². The monoisotopic (exact) mass is 1130 g/mol. The van der Waals surface area contributed by atoms with Gasteiger partial charge in [0.15, 0.2) is 6.10 Å². The molecule has 1 N–H and O–H groups in total. The third kappa shape index (κ3) is 63.1. The van der Waals surface area contributed by atoms with Crippen LogP contribution in [0.15, 0.2) is 122 Å². The van der Waals surface area contributed by atoms with E-state index in [9.17, 15) is 19.5 Å². The number of carbonyl (C=O) groups excluding carboxylic acids is 2. The number of unbranched alkanes of at least 4 members (excludes halogenated alkanes) is 24. The molecule has 0 aromatic carbocycles. The lowest BCUT2D eigenvalue weighted by Crippen LogP contribution is -2.40. The number of esters is 2. The van der Waals surface area contributed by atoms with E-state index in [1.807, 2.05) is 21.1 Å². The van der Waals surface area contributed by atoms with E-state index in [4.69, 9.17) is 18.9 Å². The van der Waals surface area contributed by atoms with Crippen LogP contribution in [0.5, 0.6) is 0 Å². The molecule has 462 valence electrons. The van der Waals surface area contributed by atoms with Crippen LogP contribution in [0.1, 0.15) is 258 Å². The van der Waals surface area contributed by atoms with Crippen LogP contribution in [0.4, 0.5) is 0 Å². The van der Waals surface area contributed by atoms with Crippen LogP contribution in [-0.2, 0) is 33.3 Å². The van der Waals surface area contributed by atoms with Crippen LogP contribution in [0, 0.1) is 0 Å². The van der Waals surface area contributed by atoms with Crippen molar-refractivity contribution in [3.05, 3.63) is 122 Å². The second kappa shape index (κ2) is 61.8. The molecule has 0 fully saturated rings. The van der Waals surface area contributed by atoms with E-state index in [1.54, 1.807) is 0 Å². The number of hydrogen-bond acceptors (Lipinski definition) is 7. The number of likely N-dealkylation sites (N-methyl/N-ethyl adjacent to an activating group) is 1. The van der Waals surface area contributed by atoms with E-state index >= 15 is 0 Å². The van der Waals surface area contributed by atoms with Crippen molar-refractivity contribution < 1.29 is 42.9 Å². The number of allylic oxidation sites excluding steroid dienone is 20. The quantitative estimate of drug-likeness (QED) is 0.0211. The molecule has 0 rings (SSSR count). The standard InChI is InChI=1S/C72H121NO8/c1-6-8-10-12-14-16-18-20-22-23-24-25-26-27-28-29-30-31-32-33-34-35-36-37-38-39-40-41-42-43-44-45-46-47-49-51-53-55-57-59-61-63-70(75)81-68(67-80-72(71(76)77)78-65-64-73(3,4)5)66-79-69(74)62-60-58-56-54-52-50-48-21-19-17-15-13-11-9-7-2/h8-11,14-17,20-22,24-25,27-28,30-31,33-34,48,68,72H,6-7,12-13,18-19,23,26,29,32,35-47,49-67H2,1-5H3/p+1/b10-8-,11-9-,16-14-,17-15-,22-20-,25-24-,28-27-,31-30-,34-33-,48-21-. The molecule has 0 bridgehead atoms. The average Bonchev–Trinajstić information content (AvgIpc) is 3.44. The summed E-state index contributed by atoms with van der Waals surface area (Å²) in [5.74, 6) is -2.03. The fraction of sp³-hybridized carbons (Fsp3) is 0.681. The molecule has 0 aromatic rings. The van der Waals surface area contributed by atoms with Crippen molar-refractivity contribution in [1.82, 2.24) is 0 Å². The van der Waals surface area contributed by atoms with Crippen molar-refractivity contribution in [2.45, 2.75) is 270 Å². The van der Waals surface area contributed by atoms with Gasteiger partial charge in [0.2, 0.25) is 0 Å². The molecule has 0 aliphatic carbocycles. The molecule has 9 heteroatoms. The SMILES string of the molecule is CC/C=C\C/C=C\C/C=C\C/C=C\C/C=C\C/C=C\C/C=C\CCCCCCCCCCCCCCCCCCCCCC(=O)OC(COC(=O)CCCCCCC/C=C\C/C=C\C/C=C\CC)COC(OCC[N+](C)(C)C)C(=O)O. The zero-order chi connectivity index (χ0) is 59.1. The molecule has 0 spiro atoms. The Morgan fingerprint density at radius 3 is 0.988 bits per heavy atom. The van der Waals surface area contributed by atoms with Gasteiger partial charge in [0.25, 0.3) is 6.29 Å². The highest BCUT2D eigenvalue weighted by Crippen LogP contribution is 2.17. The van der Waals surface area contributed by atoms with Gasteiger partial charge >= 0.3 is 17.9 Å². The number of quaternary nitrogens is 1. The summed E-state index contributed by atoms with van der Waals surface area (Å²) in [6.07, 6.45) is 84.6. The van der Waals surface area contributed by atoms with E-state index in [2.05, 4.69) is 135 Å². The Balaban J connectivity index is 4.02. The van der Waals surface area contributed by atoms with Crippen molar-refractivity contribution in [2.75, 3.05) is 47.5 Å². The first-order valence-corrected chi connectivity index (χ1v) is 32.7. The van der Waals surface area contributed by atoms with Gasteiger partial charge in [-0.05, 0) is 103 Å². The molecule has 0 aromatic heterocycles. The molecule has 2 unspecified atom stereocenters. The fourth-order valence-electron chi connectivity index (χ4n) is 8.77. The predicted molar refractivity (Wildman–Crippen MR) is 345 cm³/mol. The third-order valence-corrected chi connectivity index (χ3v) is 13.7. The summed E-state index contributed by atoms with van der Waals surface area (Å²) >= 11 is 0. The minimum Gasteiger partial charge on any atom is -0.477 e. The van der Waals surface area contributed by atoms with Gasteiger partial charge in [0.05, 0.1) is 34.4 Å². The summed E-state index contributed by atoms with van der Waals surface area (Å²) in [5.41, 5.74) is 0. The van der Waals surface area contributed by atoms with Crippen molar-refractivity contribution in [2.24, 2.45) is 0 Å². The zero-order valence-electron chi connectivity index (χ0n) is 52.7. The van der Waals surface area contributed by atoms with Crippen molar-refractivity contribution in [1.29, 1.82) is 0 Å². The number of ether oxygens (including phenoxy) is 4. The summed E-state index contributed by atoms with van der Waals surface area (Å²) in [7, 11) is 5.96. The highest BCUT2D eigenvalue weighted by molar-refractivity contribution is 5.71. The molecule has 2 atom stereocenters. The number of hydrogen-bond donors (Lipinski definition) is 1. The number of carboxylic acid groups (broad SMARTS) is 1. The Labute approximate surface area is 497 Å². The maximum absolute atomic E-state index is 12.9. The molecular formula is C72H122NO8+. The van der Waals surface area contributed by atoms with E-state index in [0.29, 0.717) is 17.4 Å². The number of nitrogens with zero attached hydrogens (tertiary/aromatic N) is 1. The molecule has 0 saturated heterocycles. The minimum atomic E-state index is -1.52. The summed E-state index contributed by atoms with van der Waals surface area (Å²) in [5, 5.41) is 9.71. The van der Waals surface area contributed by atoms with Crippen LogP contribution in [0.3, 0.4) is 0 Å². The van der Waals surface area contributed by atoms with E-state index in [1.165, 1.54) is 109 Å². The van der Waals surface area contributed by atoms with Crippen LogP contribution < -0.4 is 0 Å². The lowest BCUT2D eigenvalue weighted by molar-refractivity contribution is -0.870. The summed E-state index contributed by atoms with van der Waals surface area (Å²) in [6, 6.07) is 0. The van der Waals surface area contributed by atoms with Gasteiger partial charge in [0, 0.05) is 12.8 Å². The zero-order valence-corrected chi connectivity index (χ0v) is 52.7. The van der Waals surface area contributed by atoms with Crippen LogP contribution in [-0.4, -0.2) is 87.4 Å². The normalized spacial score (nSPS) is 13.5. The number of aliphatic carboxylic acids is 1. The predicted octanol–water partition coefficient (Wildman–Crippen LogP) is 20.0. The molecular weight excluding hydrogens is 1010 g/mol. The van der Waals surface area contributed by atoms with Gasteiger partial charge in [-0.15, -0.1) is 0 Å². The molecule has 0 amide bonds. The highest BCUT2D eigenvalue weighted by atomic mass is 16.7. The Morgan fingerprint density at radius 2 is 0.667 bits per heavy atom. The van der Waals surface area contributed by atoms with Gasteiger partial charge < -0.3 is 28.5 Å². The van der Waals surface area contributed by atoms with E-state index in [-0.39, 0.29) is 38.6 Å². The Morgan fingerprint density at radius 1 is 0.370 bits per heavy atom. The first-order valence-electron chi connectivity index (χ1n) is 32.7. The van der Waals surface area contributed by atoms with Crippen LogP contribution in [0.2, 0.25) is 0 Å². The molecule has 0 radical (unpaired) electrons. The maximum Gasteiger partial charge on any atom is 0.361 e. The van der Waals surface area contributed by atoms with Gasteiger partial charge in [-0.25, -0.2) is 4.79 Å². The third-order valence-electron chi connectivity index (χ3n) is 13.7. The molecule has 0 aliphatic heterocycles. The Bertz CT molecular complexity index is 1740. The molecule has 0 aliphatic rings. The van der Waals surface area contributed by atoms with Crippen molar-refractivity contribution in [3.63, 3.8) is 0 Å². The summed E-state index contributed by atoms with van der Waals surface area (Å²) in [6.45, 7) is 4.63. The fourth-order valence-corrected chi connectivity index (χ4v) is 8.77. The lowest BCUT2D eigenvalue weighted by atomic mass is 10.0. The van der Waals surface area contributed by atoms with Gasteiger partial charge in [-0.2, -0.15) is 0 Å². The summed E-state index contributed by atoms with van der Waals surface area (Å²) in [4.78, 5) is 37.4. The second-order valence-corrected chi connectivity index (χ2v) is 22.7. The molecule has 81 heavy (non-hydrogen) atoms. The van der Waals surface area contributed by atoms with Gasteiger partial charge in [0.1, 0.15) is 13.2 Å². The molecule has 0 saturated carbocycles. The molecule has 9 nitrogen and oxygen atoms in total. The van der Waals surface area contributed by atoms with Gasteiger partial charge in [-0.3, -0.25) is 9.59 Å². The first-order chi connectivity index (χ1) is 39.6. The van der Waals surface area contributed by atoms with E-state index < -0.39 is 24.3 Å². The summed E-state index contributed by atoms with van der Waals surface area (Å²) < 4.78 is 22.9.